The number of hydrogen-bond acceptors (Lipinski definition) is 4. The van der Waals surface area contributed by atoms with E-state index in [-0.39, 0.29) is 5.91 Å². The fourth-order valence-electron chi connectivity index (χ4n) is 2.41. The lowest BCUT2D eigenvalue weighted by atomic mass is 10.2. The summed E-state index contributed by atoms with van der Waals surface area (Å²) in [5, 5.41) is 3.43. The van der Waals surface area contributed by atoms with Gasteiger partial charge in [-0.05, 0) is 35.9 Å². The average Bonchev–Trinajstić information content (AvgIpc) is 2.61. The van der Waals surface area contributed by atoms with Crippen LogP contribution >= 0.6 is 11.6 Å². The zero-order chi connectivity index (χ0) is 16.8. The van der Waals surface area contributed by atoms with Gasteiger partial charge in [0.05, 0.1) is 25.1 Å². The summed E-state index contributed by atoms with van der Waals surface area (Å²) in [6, 6.07) is 11.1. The minimum atomic E-state index is -0.212. The highest BCUT2D eigenvalue weighted by atomic mass is 35.5. The number of rotatable bonds is 4. The SMILES string of the molecule is O=C(/C=C/c1cccc(Cl)c1)Nc1ccc(N2CCOCC2)nc1. The Kier molecular flexibility index (Phi) is 5.46. The van der Waals surface area contributed by atoms with Crippen LogP contribution in [0.2, 0.25) is 5.02 Å². The lowest BCUT2D eigenvalue weighted by Gasteiger charge is -2.27. The van der Waals surface area contributed by atoms with Crippen molar-refractivity contribution >= 4 is 35.1 Å². The average molecular weight is 344 g/mol. The van der Waals surface area contributed by atoms with E-state index >= 15 is 0 Å². The van der Waals surface area contributed by atoms with Crippen molar-refractivity contribution in [2.45, 2.75) is 0 Å². The van der Waals surface area contributed by atoms with Gasteiger partial charge < -0.3 is 15.0 Å². The van der Waals surface area contributed by atoms with Crippen LogP contribution in [0.5, 0.6) is 0 Å². The lowest BCUT2D eigenvalue weighted by molar-refractivity contribution is -0.111. The van der Waals surface area contributed by atoms with Gasteiger partial charge in [0.15, 0.2) is 0 Å². The summed E-state index contributed by atoms with van der Waals surface area (Å²) in [6.07, 6.45) is 4.86. The van der Waals surface area contributed by atoms with Crippen LogP contribution in [0.3, 0.4) is 0 Å². The molecule has 0 unspecified atom stereocenters. The standard InChI is InChI=1S/C18H18ClN3O2/c19-15-3-1-2-14(12-15)4-7-18(23)21-16-5-6-17(20-13-16)22-8-10-24-11-9-22/h1-7,12-13H,8-11H2,(H,21,23)/b7-4+. The van der Waals surface area contributed by atoms with Crippen LogP contribution in [-0.2, 0) is 9.53 Å². The van der Waals surface area contributed by atoms with E-state index in [1.807, 2.05) is 24.3 Å². The first kappa shape index (κ1) is 16.5. The monoisotopic (exact) mass is 343 g/mol. The summed E-state index contributed by atoms with van der Waals surface area (Å²) >= 11 is 5.91. The Hall–Kier alpha value is -2.37. The molecular weight excluding hydrogens is 326 g/mol. The van der Waals surface area contributed by atoms with Gasteiger partial charge in [-0.1, -0.05) is 23.7 Å². The Morgan fingerprint density at radius 2 is 2.08 bits per heavy atom. The van der Waals surface area contributed by atoms with Crippen LogP contribution in [0.25, 0.3) is 6.08 Å². The topological polar surface area (TPSA) is 54.5 Å². The minimum Gasteiger partial charge on any atom is -0.378 e. The molecule has 6 heteroatoms. The van der Waals surface area contributed by atoms with Crippen LogP contribution in [0.4, 0.5) is 11.5 Å². The highest BCUT2D eigenvalue weighted by molar-refractivity contribution is 6.30. The Morgan fingerprint density at radius 3 is 2.79 bits per heavy atom. The van der Waals surface area contributed by atoms with Crippen LogP contribution < -0.4 is 10.2 Å². The van der Waals surface area contributed by atoms with Crippen molar-refractivity contribution in [3.05, 3.63) is 59.3 Å². The van der Waals surface area contributed by atoms with Gasteiger partial charge in [-0.3, -0.25) is 4.79 Å². The number of amides is 1. The molecule has 1 aliphatic heterocycles. The molecule has 2 aromatic rings. The summed E-state index contributed by atoms with van der Waals surface area (Å²) in [5.74, 6) is 0.682. The fourth-order valence-corrected chi connectivity index (χ4v) is 2.60. The molecule has 5 nitrogen and oxygen atoms in total. The molecule has 0 aliphatic carbocycles. The van der Waals surface area contributed by atoms with Crippen LogP contribution in [0.15, 0.2) is 48.7 Å². The van der Waals surface area contributed by atoms with Gasteiger partial charge in [-0.2, -0.15) is 0 Å². The summed E-state index contributed by atoms with van der Waals surface area (Å²) < 4.78 is 5.33. The Bertz CT molecular complexity index is 725. The quantitative estimate of drug-likeness (QED) is 0.866. The summed E-state index contributed by atoms with van der Waals surface area (Å²) in [5.41, 5.74) is 1.53. The first-order valence-corrected chi connectivity index (χ1v) is 8.12. The zero-order valence-corrected chi connectivity index (χ0v) is 13.9. The predicted octanol–water partition coefficient (Wildman–Crippen LogP) is 3.22. The molecule has 1 fully saturated rings. The summed E-state index contributed by atoms with van der Waals surface area (Å²) in [6.45, 7) is 3.10. The first-order valence-electron chi connectivity index (χ1n) is 7.74. The largest absolute Gasteiger partial charge is 0.378 e. The third-order valence-electron chi connectivity index (χ3n) is 3.63. The number of hydrogen-bond donors (Lipinski definition) is 1. The minimum absolute atomic E-state index is 0.212. The highest BCUT2D eigenvalue weighted by Gasteiger charge is 2.12. The third-order valence-corrected chi connectivity index (χ3v) is 3.86. The number of nitrogens with one attached hydrogen (secondary N) is 1. The fraction of sp³-hybridized carbons (Fsp3) is 0.222. The molecule has 0 spiro atoms. The van der Waals surface area contributed by atoms with E-state index < -0.39 is 0 Å². The molecule has 0 atom stereocenters. The summed E-state index contributed by atoms with van der Waals surface area (Å²) in [4.78, 5) is 18.5. The number of halogens is 1. The van der Waals surface area contributed by atoms with E-state index in [0.29, 0.717) is 23.9 Å². The van der Waals surface area contributed by atoms with Crippen LogP contribution in [0, 0.1) is 0 Å². The van der Waals surface area contributed by atoms with E-state index in [9.17, 15) is 4.79 Å². The molecule has 0 bridgehead atoms. The van der Waals surface area contributed by atoms with Crippen molar-refractivity contribution in [3.8, 4) is 0 Å². The van der Waals surface area contributed by atoms with E-state index in [0.717, 1.165) is 24.5 Å². The van der Waals surface area contributed by atoms with Gasteiger partial charge in [0, 0.05) is 24.2 Å². The second-order valence-corrected chi connectivity index (χ2v) is 5.82. The van der Waals surface area contributed by atoms with Crippen LogP contribution in [0.1, 0.15) is 5.56 Å². The maximum absolute atomic E-state index is 12.0. The van der Waals surface area contributed by atoms with Crippen molar-refractivity contribution in [3.63, 3.8) is 0 Å². The molecule has 1 amide bonds. The van der Waals surface area contributed by atoms with Gasteiger partial charge in [0.25, 0.3) is 0 Å². The number of ether oxygens (including phenoxy) is 1. The molecule has 1 aromatic heterocycles. The lowest BCUT2D eigenvalue weighted by Crippen LogP contribution is -2.36. The molecular formula is C18H18ClN3O2. The molecule has 1 aliphatic rings. The van der Waals surface area contributed by atoms with Gasteiger partial charge in [-0.25, -0.2) is 4.98 Å². The molecule has 3 rings (SSSR count). The van der Waals surface area contributed by atoms with Gasteiger partial charge in [0.2, 0.25) is 5.91 Å². The van der Waals surface area contributed by atoms with Crippen molar-refractivity contribution in [2.75, 3.05) is 36.5 Å². The normalized spacial score (nSPS) is 14.8. The van der Waals surface area contributed by atoms with Gasteiger partial charge >= 0.3 is 0 Å². The second kappa shape index (κ2) is 7.95. The van der Waals surface area contributed by atoms with E-state index in [2.05, 4.69) is 15.2 Å². The molecule has 2 heterocycles. The summed E-state index contributed by atoms with van der Waals surface area (Å²) in [7, 11) is 0. The molecule has 1 N–H and O–H groups in total. The number of carbonyl (C=O) groups is 1. The zero-order valence-electron chi connectivity index (χ0n) is 13.1. The maximum atomic E-state index is 12.0. The molecule has 124 valence electrons. The highest BCUT2D eigenvalue weighted by Crippen LogP contribution is 2.16. The van der Waals surface area contributed by atoms with Crippen molar-refractivity contribution in [2.24, 2.45) is 0 Å². The Balaban J connectivity index is 1.58. The number of aromatic nitrogens is 1. The predicted molar refractivity (Wildman–Crippen MR) is 96.4 cm³/mol. The van der Waals surface area contributed by atoms with Crippen molar-refractivity contribution in [1.82, 2.24) is 4.98 Å². The molecule has 1 saturated heterocycles. The van der Waals surface area contributed by atoms with Gasteiger partial charge in [-0.15, -0.1) is 0 Å². The first-order chi connectivity index (χ1) is 11.7. The second-order valence-electron chi connectivity index (χ2n) is 5.38. The third kappa shape index (κ3) is 4.57. The van der Waals surface area contributed by atoms with Crippen molar-refractivity contribution in [1.29, 1.82) is 0 Å². The smallest absolute Gasteiger partial charge is 0.248 e. The van der Waals surface area contributed by atoms with Crippen LogP contribution in [-0.4, -0.2) is 37.2 Å². The van der Waals surface area contributed by atoms with Crippen molar-refractivity contribution < 1.29 is 9.53 Å². The number of nitrogens with zero attached hydrogens (tertiary/aromatic N) is 2. The molecule has 24 heavy (non-hydrogen) atoms. The molecule has 0 saturated carbocycles. The maximum Gasteiger partial charge on any atom is 0.248 e. The van der Waals surface area contributed by atoms with E-state index in [4.69, 9.17) is 16.3 Å². The van der Waals surface area contributed by atoms with Gasteiger partial charge in [0.1, 0.15) is 5.82 Å². The molecule has 1 aromatic carbocycles. The number of anilines is 2. The Morgan fingerprint density at radius 1 is 1.25 bits per heavy atom. The number of benzene rings is 1. The number of morpholine rings is 1. The van der Waals surface area contributed by atoms with E-state index in [1.165, 1.54) is 6.08 Å². The number of carbonyl (C=O) groups excluding carboxylic acids is 1. The number of pyridine rings is 1. The van der Waals surface area contributed by atoms with E-state index in [1.54, 1.807) is 24.4 Å². The Labute approximate surface area is 145 Å². The molecule has 0 radical (unpaired) electrons.